The predicted octanol–water partition coefficient (Wildman–Crippen LogP) is -2.82. The molecular weight excluding hydrogens is 728 g/mol. The predicted molar refractivity (Wildman–Crippen MR) is 176 cm³/mol. The maximum atomic E-state index is 14.0. The zero-order chi connectivity index (χ0) is 39.5. The van der Waals surface area contributed by atoms with Gasteiger partial charge in [-0.25, -0.2) is 0 Å². The molecule has 0 amide bonds. The summed E-state index contributed by atoms with van der Waals surface area (Å²) >= 11 is 0. The van der Waals surface area contributed by atoms with E-state index in [-0.39, 0.29) is 12.0 Å². The molecule has 13 N–H and O–H groups in total. The number of ether oxygens (including phenoxy) is 5. The first-order chi connectivity index (χ1) is 25.4. The quantitative estimate of drug-likeness (QED) is 0.103. The lowest BCUT2D eigenvalue weighted by Gasteiger charge is -2.42. The Kier molecular flexibility index (Phi) is 11.2. The fraction of sp³-hybridized carbons (Fsp3) is 0.559. The van der Waals surface area contributed by atoms with Gasteiger partial charge < -0.3 is 94.5 Å². The summed E-state index contributed by atoms with van der Waals surface area (Å²) in [6, 6.07) is 3.72. The molecule has 1 aliphatic carbocycles. The molecule has 3 heterocycles. The number of benzene rings is 2. The van der Waals surface area contributed by atoms with Crippen LogP contribution in [0.1, 0.15) is 20.3 Å². The normalized spacial score (nSPS) is 37.3. The minimum absolute atomic E-state index is 0.00878. The molecule has 3 aliphatic rings. The monoisotopic (exact) mass is 770 g/mol. The molecule has 1 aromatic heterocycles. The minimum Gasteiger partial charge on any atom is -0.508 e. The van der Waals surface area contributed by atoms with Gasteiger partial charge in [-0.2, -0.15) is 0 Å². The number of aliphatic hydroxyl groups is 9. The number of phenols is 4. The molecule has 1 saturated carbocycles. The smallest absolute Gasteiger partial charge is 0.239 e. The van der Waals surface area contributed by atoms with Gasteiger partial charge in [0, 0.05) is 17.7 Å². The largest absolute Gasteiger partial charge is 0.508 e. The van der Waals surface area contributed by atoms with Crippen molar-refractivity contribution < 1.29 is 94.5 Å². The van der Waals surface area contributed by atoms with Gasteiger partial charge in [0.05, 0.1) is 18.8 Å². The maximum absolute atomic E-state index is 14.0. The molecule has 20 heteroatoms. The summed E-state index contributed by atoms with van der Waals surface area (Å²) in [4.78, 5) is 14.0. The summed E-state index contributed by atoms with van der Waals surface area (Å²) in [6.07, 6.45) is -22.7. The molecule has 6 rings (SSSR count). The van der Waals surface area contributed by atoms with E-state index in [4.69, 9.17) is 28.1 Å². The number of phenolic OH excluding ortho intramolecular Hbond substituents is 4. The van der Waals surface area contributed by atoms with Crippen LogP contribution in [0.25, 0.3) is 22.3 Å². The van der Waals surface area contributed by atoms with Crippen LogP contribution in [0.5, 0.6) is 34.5 Å². The van der Waals surface area contributed by atoms with E-state index < -0.39 is 155 Å². The summed E-state index contributed by atoms with van der Waals surface area (Å²) in [5.41, 5.74) is -1.83. The second-order valence-electron chi connectivity index (χ2n) is 13.8. The molecule has 20 nitrogen and oxygen atoms in total. The Hall–Kier alpha value is -4.03. The van der Waals surface area contributed by atoms with Crippen molar-refractivity contribution in [3.63, 3.8) is 0 Å². The number of hydrogen-bond donors (Lipinski definition) is 13. The third kappa shape index (κ3) is 7.23. The van der Waals surface area contributed by atoms with E-state index in [0.717, 1.165) is 24.3 Å². The second-order valence-corrected chi connectivity index (χ2v) is 13.8. The van der Waals surface area contributed by atoms with Gasteiger partial charge in [-0.15, -0.1) is 0 Å². The number of fused-ring (bicyclic) bond motifs is 1. The molecule has 0 spiro atoms. The first kappa shape index (κ1) is 39.7. The first-order valence-electron chi connectivity index (χ1n) is 16.9. The van der Waals surface area contributed by atoms with Gasteiger partial charge in [0.2, 0.25) is 23.2 Å². The Morgan fingerprint density at radius 1 is 0.685 bits per heavy atom. The van der Waals surface area contributed by atoms with Crippen molar-refractivity contribution in [1.82, 2.24) is 0 Å². The van der Waals surface area contributed by atoms with Gasteiger partial charge >= 0.3 is 0 Å². The van der Waals surface area contributed by atoms with Crippen LogP contribution >= 0.6 is 0 Å². The van der Waals surface area contributed by atoms with E-state index >= 15 is 0 Å². The van der Waals surface area contributed by atoms with E-state index in [1.807, 2.05) is 0 Å². The number of rotatable bonds is 8. The Balaban J connectivity index is 1.36. The lowest BCUT2D eigenvalue weighted by molar-refractivity contribution is -0.318. The van der Waals surface area contributed by atoms with Gasteiger partial charge in [0.1, 0.15) is 83.5 Å². The van der Waals surface area contributed by atoms with E-state index in [9.17, 15) is 71.2 Å². The summed E-state index contributed by atoms with van der Waals surface area (Å²) < 4.78 is 34.0. The fourth-order valence-electron chi connectivity index (χ4n) is 6.67. The first-order valence-corrected chi connectivity index (χ1v) is 16.9. The highest BCUT2D eigenvalue weighted by Gasteiger charge is 2.48. The van der Waals surface area contributed by atoms with Crippen molar-refractivity contribution in [2.24, 2.45) is 5.92 Å². The highest BCUT2D eigenvalue weighted by molar-refractivity contribution is 5.88. The minimum atomic E-state index is -2.08. The number of aliphatic hydroxyl groups excluding tert-OH is 9. The van der Waals surface area contributed by atoms with Crippen molar-refractivity contribution in [1.29, 1.82) is 0 Å². The standard InChI is InChI=1S/C34H42O20/c1-9-3-16(23(41)26(44)20(9)38)51-17-5-11(4-14(37)22(17)40)31-32(25(43)19-13(36)6-12(35)7-15(19)52-31)54-34-30(48)28(46)24(42)18(53-34)8-49-33-29(47)27(45)21(39)10(2)50-33/h4-7,9-10,16,18,20-21,23-24,26-30,33-42,44-48H,3,8H2,1-2H3. The van der Waals surface area contributed by atoms with Gasteiger partial charge in [-0.3, -0.25) is 4.79 Å². The number of aromatic hydroxyl groups is 4. The highest BCUT2D eigenvalue weighted by Crippen LogP contribution is 2.45. The lowest BCUT2D eigenvalue weighted by atomic mass is 9.82. The van der Waals surface area contributed by atoms with Crippen molar-refractivity contribution in [2.75, 3.05) is 6.61 Å². The third-order valence-electron chi connectivity index (χ3n) is 9.92. The summed E-state index contributed by atoms with van der Waals surface area (Å²) in [7, 11) is 0. The molecule has 0 bridgehead atoms. The molecule has 2 saturated heterocycles. The van der Waals surface area contributed by atoms with Gasteiger partial charge in [-0.05, 0) is 31.4 Å². The Labute approximate surface area is 304 Å². The molecule has 2 aliphatic heterocycles. The summed E-state index contributed by atoms with van der Waals surface area (Å²) in [6.45, 7) is 2.31. The van der Waals surface area contributed by atoms with Crippen LogP contribution in [0.2, 0.25) is 0 Å². The van der Waals surface area contributed by atoms with Gasteiger partial charge in [-0.1, -0.05) is 6.92 Å². The molecule has 54 heavy (non-hydrogen) atoms. The topological polar surface area (TPSA) is 339 Å². The molecule has 2 aromatic carbocycles. The lowest BCUT2D eigenvalue weighted by Crippen LogP contribution is -2.61. The molecule has 15 unspecified atom stereocenters. The average Bonchev–Trinajstić information content (AvgIpc) is 3.12. The van der Waals surface area contributed by atoms with E-state index in [1.54, 1.807) is 6.92 Å². The zero-order valence-electron chi connectivity index (χ0n) is 28.6. The molecule has 3 fully saturated rings. The second kappa shape index (κ2) is 15.2. The highest BCUT2D eigenvalue weighted by atomic mass is 16.7. The van der Waals surface area contributed by atoms with Crippen LogP contribution in [-0.4, -0.2) is 159 Å². The zero-order valence-corrected chi connectivity index (χ0v) is 28.6. The molecule has 298 valence electrons. The van der Waals surface area contributed by atoms with Crippen molar-refractivity contribution in [3.8, 4) is 45.8 Å². The van der Waals surface area contributed by atoms with Gasteiger partial charge in [0.15, 0.2) is 23.5 Å². The Morgan fingerprint density at radius 3 is 2.04 bits per heavy atom. The van der Waals surface area contributed by atoms with Crippen LogP contribution in [0, 0.1) is 5.92 Å². The fourth-order valence-corrected chi connectivity index (χ4v) is 6.67. The van der Waals surface area contributed by atoms with Crippen LogP contribution < -0.4 is 14.9 Å². The van der Waals surface area contributed by atoms with Crippen molar-refractivity contribution >= 4 is 11.0 Å². The van der Waals surface area contributed by atoms with Crippen molar-refractivity contribution in [2.45, 2.75) is 106 Å². The van der Waals surface area contributed by atoms with Crippen LogP contribution in [0.4, 0.5) is 0 Å². The van der Waals surface area contributed by atoms with E-state index in [0.29, 0.717) is 0 Å². The van der Waals surface area contributed by atoms with Crippen LogP contribution in [0.15, 0.2) is 33.5 Å². The third-order valence-corrected chi connectivity index (χ3v) is 9.92. The number of hydrogen-bond acceptors (Lipinski definition) is 20. The Bertz CT molecular complexity index is 1880. The van der Waals surface area contributed by atoms with Crippen LogP contribution in [-0.2, 0) is 14.2 Å². The molecule has 0 radical (unpaired) electrons. The van der Waals surface area contributed by atoms with Crippen molar-refractivity contribution in [3.05, 3.63) is 34.5 Å². The summed E-state index contributed by atoms with van der Waals surface area (Å²) in [5, 5.41) is 135. The van der Waals surface area contributed by atoms with Gasteiger partial charge in [0.25, 0.3) is 0 Å². The summed E-state index contributed by atoms with van der Waals surface area (Å²) in [5.74, 6) is -5.49. The average molecular weight is 771 g/mol. The van der Waals surface area contributed by atoms with E-state index in [1.165, 1.54) is 6.92 Å². The molecule has 3 aromatic rings. The van der Waals surface area contributed by atoms with E-state index in [2.05, 4.69) is 0 Å². The SMILES string of the molecule is CC1CC(Oc2cc(-c3oc4cc(O)cc(O)c4c(=O)c3OC3OC(COC4OC(C)C(O)C(O)C4O)C(O)C(O)C3O)cc(O)c2O)C(O)C(O)C1O. The maximum Gasteiger partial charge on any atom is 0.239 e. The van der Waals surface area contributed by atoms with Crippen LogP contribution in [0.3, 0.4) is 0 Å². The molecular formula is C34H42O20. The molecule has 15 atom stereocenters. The Morgan fingerprint density at radius 2 is 1.33 bits per heavy atom.